The summed E-state index contributed by atoms with van der Waals surface area (Å²) in [5.74, 6) is -0.967. The first-order valence-corrected chi connectivity index (χ1v) is 6.48. The molecule has 0 bridgehead atoms. The maximum Gasteiger partial charge on any atom is 0.126 e. The van der Waals surface area contributed by atoms with Crippen LogP contribution in [0.2, 0.25) is 0 Å². The van der Waals surface area contributed by atoms with Gasteiger partial charge in [-0.3, -0.25) is 0 Å². The van der Waals surface area contributed by atoms with E-state index in [9.17, 15) is 13.9 Å². The summed E-state index contributed by atoms with van der Waals surface area (Å²) in [6.45, 7) is 0. The molecule has 0 amide bonds. The van der Waals surface area contributed by atoms with Crippen LogP contribution < -0.4 is 0 Å². The third kappa shape index (κ3) is 2.92. The van der Waals surface area contributed by atoms with Crippen molar-refractivity contribution in [2.75, 3.05) is 0 Å². The van der Waals surface area contributed by atoms with Crippen LogP contribution in [0.15, 0.2) is 66.7 Å². The third-order valence-electron chi connectivity index (χ3n) is 3.28. The van der Waals surface area contributed by atoms with Gasteiger partial charge < -0.3 is 5.11 Å². The number of halogens is 2. The molecular weight excluding hydrogens is 270 g/mol. The highest BCUT2D eigenvalue weighted by atomic mass is 19.1. The van der Waals surface area contributed by atoms with Crippen LogP contribution in [-0.2, 0) is 0 Å². The molecule has 0 spiro atoms. The first-order valence-electron chi connectivity index (χ1n) is 6.48. The second kappa shape index (κ2) is 5.37. The van der Waals surface area contributed by atoms with Gasteiger partial charge in [0, 0.05) is 6.07 Å². The molecule has 1 N–H and O–H groups in total. The van der Waals surface area contributed by atoms with Crippen LogP contribution >= 0.6 is 0 Å². The van der Waals surface area contributed by atoms with Crippen LogP contribution in [0.25, 0.3) is 22.3 Å². The number of phenolic OH excluding ortho intramolecular Hbond substituents is 1. The molecule has 3 aromatic rings. The molecule has 0 aromatic heterocycles. The predicted octanol–water partition coefficient (Wildman–Crippen LogP) is 5.00. The summed E-state index contributed by atoms with van der Waals surface area (Å²) < 4.78 is 26.5. The minimum Gasteiger partial charge on any atom is -0.508 e. The van der Waals surface area contributed by atoms with Crippen molar-refractivity contribution in [3.63, 3.8) is 0 Å². The van der Waals surface area contributed by atoms with E-state index in [2.05, 4.69) is 0 Å². The minimum atomic E-state index is -0.590. The second-order valence-corrected chi connectivity index (χ2v) is 4.78. The maximum absolute atomic E-state index is 13.2. The van der Waals surface area contributed by atoms with E-state index in [0.29, 0.717) is 5.56 Å². The molecule has 0 aliphatic rings. The molecule has 0 fully saturated rings. The summed E-state index contributed by atoms with van der Waals surface area (Å²) in [6.07, 6.45) is 0. The van der Waals surface area contributed by atoms with Gasteiger partial charge in [-0.2, -0.15) is 0 Å². The van der Waals surface area contributed by atoms with Gasteiger partial charge in [0.2, 0.25) is 0 Å². The zero-order chi connectivity index (χ0) is 14.8. The Labute approximate surface area is 121 Å². The number of rotatable bonds is 2. The molecule has 21 heavy (non-hydrogen) atoms. The minimum absolute atomic E-state index is 0.214. The lowest BCUT2D eigenvalue weighted by molar-refractivity contribution is 0.475. The first kappa shape index (κ1) is 13.3. The quantitative estimate of drug-likeness (QED) is 0.701. The van der Waals surface area contributed by atoms with Crippen molar-refractivity contribution >= 4 is 0 Å². The van der Waals surface area contributed by atoms with Gasteiger partial charge in [-0.15, -0.1) is 0 Å². The van der Waals surface area contributed by atoms with Gasteiger partial charge in [0.05, 0.1) is 0 Å². The van der Waals surface area contributed by atoms with Crippen molar-refractivity contribution in [3.8, 4) is 28.0 Å². The standard InChI is InChI=1S/C18H12F2O/c19-16-9-15(10-17(20)11-16)14-3-1-12(2-4-14)13-5-7-18(21)8-6-13/h1-11,21H. The smallest absolute Gasteiger partial charge is 0.126 e. The Morgan fingerprint density at radius 1 is 0.524 bits per heavy atom. The molecule has 0 saturated carbocycles. The molecule has 1 nitrogen and oxygen atoms in total. The van der Waals surface area contributed by atoms with E-state index >= 15 is 0 Å². The monoisotopic (exact) mass is 282 g/mol. The predicted molar refractivity (Wildman–Crippen MR) is 78.9 cm³/mol. The molecule has 0 aliphatic carbocycles. The normalized spacial score (nSPS) is 10.6. The van der Waals surface area contributed by atoms with Crippen molar-refractivity contribution in [2.24, 2.45) is 0 Å². The molecule has 0 radical (unpaired) electrons. The average molecular weight is 282 g/mol. The van der Waals surface area contributed by atoms with Gasteiger partial charge in [0.15, 0.2) is 0 Å². The van der Waals surface area contributed by atoms with Crippen LogP contribution in [0.1, 0.15) is 0 Å². The van der Waals surface area contributed by atoms with Crippen molar-refractivity contribution in [1.82, 2.24) is 0 Å². The summed E-state index contributed by atoms with van der Waals surface area (Å²) in [6, 6.07) is 17.7. The Balaban J connectivity index is 1.95. The lowest BCUT2D eigenvalue weighted by Crippen LogP contribution is -1.84. The molecular formula is C18H12F2O. The molecule has 3 rings (SSSR count). The van der Waals surface area contributed by atoms with E-state index in [-0.39, 0.29) is 5.75 Å². The molecule has 3 heteroatoms. The van der Waals surface area contributed by atoms with Crippen LogP contribution in [-0.4, -0.2) is 5.11 Å². The molecule has 0 atom stereocenters. The second-order valence-electron chi connectivity index (χ2n) is 4.78. The van der Waals surface area contributed by atoms with E-state index in [0.717, 1.165) is 22.8 Å². The third-order valence-corrected chi connectivity index (χ3v) is 3.28. The molecule has 3 aromatic carbocycles. The first-order chi connectivity index (χ1) is 10.1. The van der Waals surface area contributed by atoms with Gasteiger partial charge in [-0.25, -0.2) is 8.78 Å². The molecule has 0 unspecified atom stereocenters. The Hall–Kier alpha value is -2.68. The fraction of sp³-hybridized carbons (Fsp3) is 0. The lowest BCUT2D eigenvalue weighted by atomic mass is 10.00. The largest absolute Gasteiger partial charge is 0.508 e. The van der Waals surface area contributed by atoms with Crippen molar-refractivity contribution in [2.45, 2.75) is 0 Å². The summed E-state index contributed by atoms with van der Waals surface area (Å²) in [5.41, 5.74) is 3.18. The Morgan fingerprint density at radius 2 is 0.905 bits per heavy atom. The number of phenols is 1. The highest BCUT2D eigenvalue weighted by molar-refractivity contribution is 5.70. The molecule has 104 valence electrons. The van der Waals surface area contributed by atoms with Gasteiger partial charge in [-0.05, 0) is 46.5 Å². The average Bonchev–Trinajstić information content (AvgIpc) is 2.47. The van der Waals surface area contributed by atoms with Crippen LogP contribution in [0.4, 0.5) is 8.78 Å². The van der Waals surface area contributed by atoms with E-state index in [4.69, 9.17) is 0 Å². The Bertz CT molecular complexity index is 742. The van der Waals surface area contributed by atoms with Gasteiger partial charge in [-0.1, -0.05) is 36.4 Å². The lowest BCUT2D eigenvalue weighted by Gasteiger charge is -2.06. The summed E-state index contributed by atoms with van der Waals surface area (Å²) in [4.78, 5) is 0. The maximum atomic E-state index is 13.2. The fourth-order valence-corrected chi connectivity index (χ4v) is 2.23. The van der Waals surface area contributed by atoms with Crippen LogP contribution in [0, 0.1) is 11.6 Å². The molecule has 0 aliphatic heterocycles. The van der Waals surface area contributed by atoms with Crippen LogP contribution in [0.5, 0.6) is 5.75 Å². The van der Waals surface area contributed by atoms with Crippen molar-refractivity contribution < 1.29 is 13.9 Å². The summed E-state index contributed by atoms with van der Waals surface area (Å²) in [5, 5.41) is 9.28. The van der Waals surface area contributed by atoms with Crippen LogP contribution in [0.3, 0.4) is 0 Å². The fourth-order valence-electron chi connectivity index (χ4n) is 2.23. The Morgan fingerprint density at radius 3 is 1.38 bits per heavy atom. The van der Waals surface area contributed by atoms with E-state index in [1.165, 1.54) is 12.1 Å². The highest BCUT2D eigenvalue weighted by Gasteiger charge is 2.04. The summed E-state index contributed by atoms with van der Waals surface area (Å²) >= 11 is 0. The van der Waals surface area contributed by atoms with Crippen molar-refractivity contribution in [3.05, 3.63) is 78.4 Å². The number of hydrogen-bond acceptors (Lipinski definition) is 1. The zero-order valence-corrected chi connectivity index (χ0v) is 11.1. The van der Waals surface area contributed by atoms with E-state index in [1.54, 1.807) is 12.1 Å². The summed E-state index contributed by atoms with van der Waals surface area (Å²) in [7, 11) is 0. The van der Waals surface area contributed by atoms with E-state index < -0.39 is 11.6 Å². The topological polar surface area (TPSA) is 20.2 Å². The zero-order valence-electron chi connectivity index (χ0n) is 11.1. The number of hydrogen-bond donors (Lipinski definition) is 1. The van der Waals surface area contributed by atoms with Gasteiger partial charge in [0.25, 0.3) is 0 Å². The van der Waals surface area contributed by atoms with Gasteiger partial charge in [0.1, 0.15) is 17.4 Å². The van der Waals surface area contributed by atoms with Crippen molar-refractivity contribution in [1.29, 1.82) is 0 Å². The Kier molecular flexibility index (Phi) is 3.40. The number of benzene rings is 3. The highest BCUT2D eigenvalue weighted by Crippen LogP contribution is 2.26. The molecule has 0 saturated heterocycles. The molecule has 0 heterocycles. The van der Waals surface area contributed by atoms with E-state index in [1.807, 2.05) is 36.4 Å². The van der Waals surface area contributed by atoms with Gasteiger partial charge >= 0.3 is 0 Å². The SMILES string of the molecule is Oc1ccc(-c2ccc(-c3cc(F)cc(F)c3)cc2)cc1. The number of aromatic hydroxyl groups is 1.